The van der Waals surface area contributed by atoms with Crippen LogP contribution in [0.2, 0.25) is 0 Å². The zero-order valence-electron chi connectivity index (χ0n) is 14.1. The first kappa shape index (κ1) is 18.1. The molecule has 2 rings (SSSR count). The Hall–Kier alpha value is -2.24. The summed E-state index contributed by atoms with van der Waals surface area (Å²) in [4.78, 5) is 15.3. The lowest BCUT2D eigenvalue weighted by Gasteiger charge is -2.24. The summed E-state index contributed by atoms with van der Waals surface area (Å²) >= 11 is 0. The summed E-state index contributed by atoms with van der Waals surface area (Å²) in [6, 6.07) is 13.5. The number of carboxylic acid groups (broad SMARTS) is 1. The van der Waals surface area contributed by atoms with Crippen molar-refractivity contribution in [2.24, 2.45) is 0 Å². The van der Waals surface area contributed by atoms with Crippen LogP contribution in [0.15, 0.2) is 48.5 Å². The average molecular weight is 330 g/mol. The molecule has 0 bridgehead atoms. The van der Waals surface area contributed by atoms with Gasteiger partial charge in [0.2, 0.25) is 0 Å². The van der Waals surface area contributed by atoms with Crippen molar-refractivity contribution in [3.05, 3.63) is 71.0 Å². The molecule has 0 atom stereocenters. The highest BCUT2D eigenvalue weighted by atomic mass is 19.1. The van der Waals surface area contributed by atoms with Gasteiger partial charge >= 0.3 is 5.97 Å². The fraction of sp³-hybridized carbons (Fsp3) is 0.316. The van der Waals surface area contributed by atoms with E-state index in [-0.39, 0.29) is 11.4 Å². The highest BCUT2D eigenvalue weighted by molar-refractivity contribution is 5.87. The second-order valence-corrected chi connectivity index (χ2v) is 6.15. The summed E-state index contributed by atoms with van der Waals surface area (Å²) < 4.78 is 13.4. The third-order valence-electron chi connectivity index (χ3n) is 3.77. The first-order valence-electron chi connectivity index (χ1n) is 7.88. The maximum absolute atomic E-state index is 13.4. The van der Waals surface area contributed by atoms with Gasteiger partial charge in [-0.05, 0) is 49.5 Å². The Morgan fingerprint density at radius 1 is 1.00 bits per heavy atom. The SMILES string of the molecule is CN(C)CCN(Cc1ccc(C(=O)O)cc1)Cc1cccc(F)c1. The minimum Gasteiger partial charge on any atom is -0.478 e. The second-order valence-electron chi connectivity index (χ2n) is 6.15. The quantitative estimate of drug-likeness (QED) is 0.808. The van der Waals surface area contributed by atoms with Gasteiger partial charge in [0.1, 0.15) is 5.82 Å². The molecule has 0 unspecified atom stereocenters. The summed E-state index contributed by atoms with van der Waals surface area (Å²) in [7, 11) is 4.03. The first-order valence-corrected chi connectivity index (χ1v) is 7.88. The maximum atomic E-state index is 13.4. The fourth-order valence-electron chi connectivity index (χ4n) is 2.46. The standard InChI is InChI=1S/C19H23FN2O2/c1-21(2)10-11-22(14-16-4-3-5-18(20)12-16)13-15-6-8-17(9-7-15)19(23)24/h3-9,12H,10-11,13-14H2,1-2H3,(H,23,24). The van der Waals surface area contributed by atoms with E-state index in [1.807, 2.05) is 32.3 Å². The molecule has 24 heavy (non-hydrogen) atoms. The van der Waals surface area contributed by atoms with Crippen LogP contribution in [-0.2, 0) is 13.1 Å². The summed E-state index contributed by atoms with van der Waals surface area (Å²) in [5, 5.41) is 8.97. The third kappa shape index (κ3) is 5.76. The molecule has 0 spiro atoms. The van der Waals surface area contributed by atoms with E-state index in [9.17, 15) is 9.18 Å². The molecule has 5 heteroatoms. The van der Waals surface area contributed by atoms with Crippen LogP contribution in [0.3, 0.4) is 0 Å². The van der Waals surface area contributed by atoms with Crippen LogP contribution in [-0.4, -0.2) is 48.1 Å². The van der Waals surface area contributed by atoms with Crippen LogP contribution in [0.25, 0.3) is 0 Å². The van der Waals surface area contributed by atoms with Crippen molar-refractivity contribution < 1.29 is 14.3 Å². The number of likely N-dealkylation sites (N-methyl/N-ethyl adjacent to an activating group) is 1. The number of hydrogen-bond donors (Lipinski definition) is 1. The number of carbonyl (C=O) groups is 1. The molecule has 0 aromatic heterocycles. The fourth-order valence-corrected chi connectivity index (χ4v) is 2.46. The topological polar surface area (TPSA) is 43.8 Å². The van der Waals surface area contributed by atoms with Gasteiger partial charge in [-0.1, -0.05) is 24.3 Å². The number of hydrogen-bond acceptors (Lipinski definition) is 3. The van der Waals surface area contributed by atoms with Crippen LogP contribution in [0.1, 0.15) is 21.5 Å². The summed E-state index contributed by atoms with van der Waals surface area (Å²) in [6.07, 6.45) is 0. The Bertz CT molecular complexity index is 671. The van der Waals surface area contributed by atoms with Crippen LogP contribution >= 0.6 is 0 Å². The minimum atomic E-state index is -0.925. The Kier molecular flexibility index (Phi) is 6.46. The summed E-state index contributed by atoms with van der Waals surface area (Å²) in [6.45, 7) is 3.06. The number of halogens is 1. The van der Waals surface area contributed by atoms with Gasteiger partial charge in [-0.25, -0.2) is 9.18 Å². The number of rotatable bonds is 8. The largest absolute Gasteiger partial charge is 0.478 e. The highest BCUT2D eigenvalue weighted by Crippen LogP contribution is 2.12. The predicted molar refractivity (Wildman–Crippen MR) is 92.5 cm³/mol. The zero-order valence-corrected chi connectivity index (χ0v) is 14.1. The number of benzene rings is 2. The Morgan fingerprint density at radius 3 is 2.25 bits per heavy atom. The van der Waals surface area contributed by atoms with Crippen molar-refractivity contribution in [1.29, 1.82) is 0 Å². The van der Waals surface area contributed by atoms with Gasteiger partial charge in [-0.15, -0.1) is 0 Å². The van der Waals surface area contributed by atoms with E-state index < -0.39 is 5.97 Å². The number of aromatic carboxylic acids is 1. The average Bonchev–Trinajstić information content (AvgIpc) is 2.53. The van der Waals surface area contributed by atoms with Crippen LogP contribution < -0.4 is 0 Å². The van der Waals surface area contributed by atoms with Crippen molar-refractivity contribution in [1.82, 2.24) is 9.80 Å². The minimum absolute atomic E-state index is 0.231. The molecule has 4 nitrogen and oxygen atoms in total. The van der Waals surface area contributed by atoms with Gasteiger partial charge < -0.3 is 10.0 Å². The molecule has 0 amide bonds. The lowest BCUT2D eigenvalue weighted by atomic mass is 10.1. The molecule has 128 valence electrons. The Balaban J connectivity index is 2.08. The number of nitrogens with zero attached hydrogens (tertiary/aromatic N) is 2. The Morgan fingerprint density at radius 2 is 1.67 bits per heavy atom. The van der Waals surface area contributed by atoms with Gasteiger partial charge in [0.05, 0.1) is 5.56 Å². The van der Waals surface area contributed by atoms with E-state index >= 15 is 0 Å². The molecule has 0 heterocycles. The van der Waals surface area contributed by atoms with Crippen LogP contribution in [0, 0.1) is 5.82 Å². The van der Waals surface area contributed by atoms with E-state index in [1.54, 1.807) is 24.3 Å². The molecule has 0 fully saturated rings. The van der Waals surface area contributed by atoms with E-state index in [1.165, 1.54) is 6.07 Å². The van der Waals surface area contributed by atoms with Gasteiger partial charge in [0, 0.05) is 26.2 Å². The molecule has 0 aliphatic rings. The summed E-state index contributed by atoms with van der Waals surface area (Å²) in [5.41, 5.74) is 2.25. The first-order chi connectivity index (χ1) is 11.4. The molecule has 0 aliphatic carbocycles. The zero-order chi connectivity index (χ0) is 17.5. The van der Waals surface area contributed by atoms with Gasteiger partial charge in [-0.3, -0.25) is 4.90 Å². The van der Waals surface area contributed by atoms with E-state index in [0.717, 1.165) is 24.2 Å². The molecule has 1 N–H and O–H groups in total. The lowest BCUT2D eigenvalue weighted by Crippen LogP contribution is -2.31. The van der Waals surface area contributed by atoms with Gasteiger partial charge in [0.15, 0.2) is 0 Å². The molecule has 2 aromatic rings. The Labute approximate surface area is 142 Å². The van der Waals surface area contributed by atoms with Gasteiger partial charge in [-0.2, -0.15) is 0 Å². The molecule has 0 radical (unpaired) electrons. The molecular formula is C19H23FN2O2. The van der Waals surface area contributed by atoms with Crippen molar-refractivity contribution >= 4 is 5.97 Å². The molecule has 2 aromatic carbocycles. The normalized spacial score (nSPS) is 11.2. The number of carboxylic acids is 1. The van der Waals surface area contributed by atoms with Crippen molar-refractivity contribution in [3.8, 4) is 0 Å². The molecule has 0 saturated carbocycles. The molecular weight excluding hydrogens is 307 g/mol. The van der Waals surface area contributed by atoms with E-state index in [2.05, 4.69) is 9.80 Å². The smallest absolute Gasteiger partial charge is 0.335 e. The summed E-state index contributed by atoms with van der Waals surface area (Å²) in [5.74, 6) is -1.16. The second kappa shape index (κ2) is 8.57. The highest BCUT2D eigenvalue weighted by Gasteiger charge is 2.09. The van der Waals surface area contributed by atoms with Crippen LogP contribution in [0.5, 0.6) is 0 Å². The van der Waals surface area contributed by atoms with E-state index in [4.69, 9.17) is 5.11 Å². The van der Waals surface area contributed by atoms with Gasteiger partial charge in [0.25, 0.3) is 0 Å². The molecule has 0 saturated heterocycles. The third-order valence-corrected chi connectivity index (χ3v) is 3.77. The predicted octanol–water partition coefficient (Wildman–Crippen LogP) is 3.09. The van der Waals surface area contributed by atoms with Crippen molar-refractivity contribution in [2.75, 3.05) is 27.2 Å². The van der Waals surface area contributed by atoms with Crippen molar-refractivity contribution in [2.45, 2.75) is 13.1 Å². The monoisotopic (exact) mass is 330 g/mol. The molecule has 0 aliphatic heterocycles. The lowest BCUT2D eigenvalue weighted by molar-refractivity contribution is 0.0697. The van der Waals surface area contributed by atoms with Crippen molar-refractivity contribution in [3.63, 3.8) is 0 Å². The maximum Gasteiger partial charge on any atom is 0.335 e. The van der Waals surface area contributed by atoms with E-state index in [0.29, 0.717) is 13.1 Å². The van der Waals surface area contributed by atoms with Crippen LogP contribution in [0.4, 0.5) is 4.39 Å².